The van der Waals surface area contributed by atoms with Crippen molar-refractivity contribution in [2.75, 3.05) is 25.0 Å². The number of hydrogen-bond donors (Lipinski definition) is 1. The Kier molecular flexibility index (Phi) is 5.26. The fourth-order valence-corrected chi connectivity index (χ4v) is 3.01. The summed E-state index contributed by atoms with van der Waals surface area (Å²) >= 11 is 0. The third-order valence-corrected chi connectivity index (χ3v) is 4.24. The third kappa shape index (κ3) is 3.73. The number of anilines is 1. The van der Waals surface area contributed by atoms with Gasteiger partial charge >= 0.3 is 0 Å². The van der Waals surface area contributed by atoms with Crippen LogP contribution in [0.25, 0.3) is 0 Å². The van der Waals surface area contributed by atoms with E-state index in [4.69, 9.17) is 0 Å². The maximum Gasteiger partial charge on any atom is 0.0373 e. The molecule has 0 saturated carbocycles. The van der Waals surface area contributed by atoms with E-state index in [0.717, 1.165) is 13.1 Å². The molecule has 1 unspecified atom stereocenters. The number of nitrogens with one attached hydrogen (secondary N) is 1. The fourth-order valence-electron chi connectivity index (χ4n) is 3.01. The first-order valence-corrected chi connectivity index (χ1v) is 7.84. The van der Waals surface area contributed by atoms with Crippen molar-refractivity contribution in [1.29, 1.82) is 0 Å². The Bertz CT molecular complexity index is 400. The van der Waals surface area contributed by atoms with Gasteiger partial charge in [0.25, 0.3) is 0 Å². The SMILES string of the molecule is CCCCN(CC)C(C)Cc1ccc2c(c1)CCN2. The van der Waals surface area contributed by atoms with Crippen LogP contribution in [0, 0.1) is 0 Å². The molecule has 1 atom stereocenters. The molecule has 19 heavy (non-hydrogen) atoms. The Morgan fingerprint density at radius 1 is 1.32 bits per heavy atom. The molecule has 2 rings (SSSR count). The molecule has 1 aromatic carbocycles. The van der Waals surface area contributed by atoms with Gasteiger partial charge < -0.3 is 10.2 Å². The molecule has 0 saturated heterocycles. The van der Waals surface area contributed by atoms with Crippen LogP contribution < -0.4 is 5.32 Å². The molecule has 2 heteroatoms. The molecule has 0 spiro atoms. The van der Waals surface area contributed by atoms with Crippen LogP contribution in [0.2, 0.25) is 0 Å². The number of unbranched alkanes of at least 4 members (excludes halogenated alkanes) is 1. The summed E-state index contributed by atoms with van der Waals surface area (Å²) in [4.78, 5) is 2.61. The maximum absolute atomic E-state index is 3.43. The van der Waals surface area contributed by atoms with E-state index in [9.17, 15) is 0 Å². The van der Waals surface area contributed by atoms with Crippen LogP contribution in [-0.2, 0) is 12.8 Å². The van der Waals surface area contributed by atoms with Crippen LogP contribution in [0.4, 0.5) is 5.69 Å². The highest BCUT2D eigenvalue weighted by Crippen LogP contribution is 2.24. The van der Waals surface area contributed by atoms with Gasteiger partial charge in [0.1, 0.15) is 0 Å². The Hall–Kier alpha value is -1.02. The second-order valence-corrected chi connectivity index (χ2v) is 5.70. The van der Waals surface area contributed by atoms with E-state index >= 15 is 0 Å². The summed E-state index contributed by atoms with van der Waals surface area (Å²) in [6.45, 7) is 10.4. The summed E-state index contributed by atoms with van der Waals surface area (Å²) < 4.78 is 0. The Balaban J connectivity index is 1.95. The minimum Gasteiger partial charge on any atom is -0.384 e. The van der Waals surface area contributed by atoms with Crippen molar-refractivity contribution in [2.24, 2.45) is 0 Å². The number of benzene rings is 1. The first-order chi connectivity index (χ1) is 9.24. The zero-order chi connectivity index (χ0) is 13.7. The fraction of sp³-hybridized carbons (Fsp3) is 0.647. The highest BCUT2D eigenvalue weighted by molar-refractivity contribution is 5.56. The predicted molar refractivity (Wildman–Crippen MR) is 84.0 cm³/mol. The molecule has 0 aromatic heterocycles. The lowest BCUT2D eigenvalue weighted by Gasteiger charge is -2.28. The zero-order valence-electron chi connectivity index (χ0n) is 12.7. The number of likely N-dealkylation sites (N-methyl/N-ethyl adjacent to an activating group) is 1. The second-order valence-electron chi connectivity index (χ2n) is 5.70. The molecular weight excluding hydrogens is 232 g/mol. The predicted octanol–water partition coefficient (Wildman–Crippen LogP) is 3.71. The van der Waals surface area contributed by atoms with Crippen LogP contribution in [-0.4, -0.2) is 30.6 Å². The molecule has 0 aliphatic carbocycles. The van der Waals surface area contributed by atoms with Crippen molar-refractivity contribution in [2.45, 2.75) is 52.5 Å². The summed E-state index contributed by atoms with van der Waals surface area (Å²) in [5.41, 5.74) is 4.33. The first-order valence-electron chi connectivity index (χ1n) is 7.84. The van der Waals surface area contributed by atoms with Crippen molar-refractivity contribution in [3.05, 3.63) is 29.3 Å². The van der Waals surface area contributed by atoms with Crippen LogP contribution in [0.15, 0.2) is 18.2 Å². The highest BCUT2D eigenvalue weighted by atomic mass is 15.1. The summed E-state index contributed by atoms with van der Waals surface area (Å²) in [5.74, 6) is 0. The summed E-state index contributed by atoms with van der Waals surface area (Å²) in [7, 11) is 0. The lowest BCUT2D eigenvalue weighted by Crippen LogP contribution is -2.35. The van der Waals surface area contributed by atoms with E-state index in [1.54, 1.807) is 0 Å². The van der Waals surface area contributed by atoms with Crippen LogP contribution in [0.1, 0.15) is 44.7 Å². The number of hydrogen-bond acceptors (Lipinski definition) is 2. The van der Waals surface area contributed by atoms with Crippen molar-refractivity contribution >= 4 is 5.69 Å². The van der Waals surface area contributed by atoms with Gasteiger partial charge in [0.2, 0.25) is 0 Å². The van der Waals surface area contributed by atoms with Gasteiger partial charge in [-0.2, -0.15) is 0 Å². The Morgan fingerprint density at radius 3 is 2.89 bits per heavy atom. The number of fused-ring (bicyclic) bond motifs is 1. The average molecular weight is 260 g/mol. The Morgan fingerprint density at radius 2 is 2.16 bits per heavy atom. The highest BCUT2D eigenvalue weighted by Gasteiger charge is 2.14. The van der Waals surface area contributed by atoms with Gasteiger partial charge in [0.15, 0.2) is 0 Å². The average Bonchev–Trinajstić information content (AvgIpc) is 2.87. The van der Waals surface area contributed by atoms with E-state index in [0.29, 0.717) is 6.04 Å². The lowest BCUT2D eigenvalue weighted by molar-refractivity contribution is 0.215. The molecule has 1 aliphatic heterocycles. The lowest BCUT2D eigenvalue weighted by atomic mass is 10.0. The summed E-state index contributed by atoms with van der Waals surface area (Å²) in [6.07, 6.45) is 4.95. The van der Waals surface area contributed by atoms with Gasteiger partial charge in [-0.05, 0) is 56.5 Å². The minimum absolute atomic E-state index is 0.643. The van der Waals surface area contributed by atoms with E-state index in [2.05, 4.69) is 49.2 Å². The molecule has 1 aliphatic rings. The summed E-state index contributed by atoms with van der Waals surface area (Å²) in [6, 6.07) is 7.59. The van der Waals surface area contributed by atoms with E-state index in [1.807, 2.05) is 0 Å². The van der Waals surface area contributed by atoms with Gasteiger partial charge in [-0.25, -0.2) is 0 Å². The molecular formula is C17H28N2. The van der Waals surface area contributed by atoms with Gasteiger partial charge in [0, 0.05) is 18.3 Å². The van der Waals surface area contributed by atoms with E-state index in [-0.39, 0.29) is 0 Å². The molecule has 0 fully saturated rings. The normalized spacial score (nSPS) is 15.4. The maximum atomic E-state index is 3.43. The second kappa shape index (κ2) is 6.95. The molecule has 1 N–H and O–H groups in total. The first kappa shape index (κ1) is 14.4. The van der Waals surface area contributed by atoms with E-state index < -0.39 is 0 Å². The van der Waals surface area contributed by atoms with Gasteiger partial charge in [-0.15, -0.1) is 0 Å². The number of rotatable bonds is 7. The van der Waals surface area contributed by atoms with Crippen LogP contribution in [0.5, 0.6) is 0 Å². The monoisotopic (exact) mass is 260 g/mol. The molecule has 0 bridgehead atoms. The number of nitrogens with zero attached hydrogens (tertiary/aromatic N) is 1. The third-order valence-electron chi connectivity index (χ3n) is 4.24. The van der Waals surface area contributed by atoms with E-state index in [1.165, 1.54) is 49.0 Å². The Labute approximate surface area is 118 Å². The molecule has 0 radical (unpaired) electrons. The van der Waals surface area contributed by atoms with Crippen LogP contribution in [0.3, 0.4) is 0 Å². The topological polar surface area (TPSA) is 15.3 Å². The van der Waals surface area contributed by atoms with Crippen LogP contribution >= 0.6 is 0 Å². The van der Waals surface area contributed by atoms with Crippen molar-refractivity contribution in [3.8, 4) is 0 Å². The largest absolute Gasteiger partial charge is 0.384 e. The molecule has 2 nitrogen and oxygen atoms in total. The van der Waals surface area contributed by atoms with Gasteiger partial charge in [-0.3, -0.25) is 0 Å². The van der Waals surface area contributed by atoms with Crippen molar-refractivity contribution in [3.63, 3.8) is 0 Å². The van der Waals surface area contributed by atoms with Gasteiger partial charge in [0.05, 0.1) is 0 Å². The molecule has 106 valence electrons. The standard InChI is InChI=1S/C17H28N2/c1-4-6-11-19(5-2)14(3)12-15-7-8-17-16(13-15)9-10-18-17/h7-8,13-14,18H,4-6,9-12H2,1-3H3. The minimum atomic E-state index is 0.643. The van der Waals surface area contributed by atoms with Gasteiger partial charge in [-0.1, -0.05) is 32.4 Å². The zero-order valence-corrected chi connectivity index (χ0v) is 12.7. The summed E-state index contributed by atoms with van der Waals surface area (Å²) in [5, 5.41) is 3.43. The quantitative estimate of drug-likeness (QED) is 0.804. The molecule has 1 heterocycles. The molecule has 1 aromatic rings. The molecule has 0 amide bonds. The van der Waals surface area contributed by atoms with Crippen molar-refractivity contribution < 1.29 is 0 Å². The van der Waals surface area contributed by atoms with Crippen molar-refractivity contribution in [1.82, 2.24) is 4.90 Å². The smallest absolute Gasteiger partial charge is 0.0373 e.